The summed E-state index contributed by atoms with van der Waals surface area (Å²) >= 11 is 0. The molecule has 0 aliphatic carbocycles. The predicted octanol–water partition coefficient (Wildman–Crippen LogP) is 2.63. The van der Waals surface area contributed by atoms with E-state index in [1.165, 1.54) is 42.6 Å². The van der Waals surface area contributed by atoms with Gasteiger partial charge in [0, 0.05) is 11.3 Å². The Bertz CT molecular complexity index is 1170. The molecule has 148 valence electrons. The lowest BCUT2D eigenvalue weighted by Gasteiger charge is -2.16. The molecule has 2 N–H and O–H groups in total. The third-order valence-electron chi connectivity index (χ3n) is 4.31. The van der Waals surface area contributed by atoms with Crippen molar-refractivity contribution >= 4 is 21.4 Å². The molecule has 2 aromatic carbocycles. The van der Waals surface area contributed by atoms with Crippen molar-refractivity contribution in [3.8, 4) is 6.07 Å². The lowest BCUT2D eigenvalue weighted by Crippen LogP contribution is -2.27. The molecule has 9 heteroatoms. The number of amides is 1. The first-order chi connectivity index (χ1) is 13.8. The molecule has 3 aromatic rings. The second-order valence-corrected chi connectivity index (χ2v) is 8.17. The van der Waals surface area contributed by atoms with E-state index in [9.17, 15) is 23.6 Å². The van der Waals surface area contributed by atoms with Gasteiger partial charge in [0.15, 0.2) is 5.92 Å². The number of anilines is 1. The minimum absolute atomic E-state index is 0.00886. The van der Waals surface area contributed by atoms with Crippen LogP contribution in [0.3, 0.4) is 0 Å². The van der Waals surface area contributed by atoms with Crippen molar-refractivity contribution < 1.29 is 22.8 Å². The number of carbonyl (C=O) groups excluding carboxylic acids is 1. The summed E-state index contributed by atoms with van der Waals surface area (Å²) in [4.78, 5) is 12.6. The molecule has 1 heterocycles. The number of aryl methyl sites for hydroxylation is 1. The fraction of sp³-hybridized carbons (Fsp3) is 0.150. The van der Waals surface area contributed by atoms with Crippen molar-refractivity contribution in [2.24, 2.45) is 5.92 Å². The first kappa shape index (κ1) is 20.3. The summed E-state index contributed by atoms with van der Waals surface area (Å²) in [6.45, 7) is 1.55. The van der Waals surface area contributed by atoms with Crippen LogP contribution in [0.15, 0.2) is 75.1 Å². The molecule has 8 nitrogen and oxygen atoms in total. The Labute approximate surface area is 167 Å². The molecule has 0 radical (unpaired) electrons. The molecule has 0 aliphatic heterocycles. The summed E-state index contributed by atoms with van der Waals surface area (Å²) < 4.78 is 30.3. The molecule has 3 rings (SSSR count). The minimum atomic E-state index is -3.77. The van der Waals surface area contributed by atoms with E-state index in [-0.39, 0.29) is 21.0 Å². The molecular formula is C20H17N3O5S. The lowest BCUT2D eigenvalue weighted by atomic mass is 9.97. The highest BCUT2D eigenvalue weighted by atomic mass is 32.2. The Hall–Kier alpha value is -3.48. The number of aliphatic hydroxyl groups is 1. The van der Waals surface area contributed by atoms with Gasteiger partial charge >= 0.3 is 0 Å². The van der Waals surface area contributed by atoms with Gasteiger partial charge in [-0.3, -0.25) is 4.79 Å². The summed E-state index contributed by atoms with van der Waals surface area (Å²) in [6, 6.07) is 15.3. The number of hydrogen-bond acceptors (Lipinski definition) is 7. The van der Waals surface area contributed by atoms with Crippen molar-refractivity contribution in [1.29, 1.82) is 5.26 Å². The zero-order valence-electron chi connectivity index (χ0n) is 15.3. The number of sulfone groups is 1. The lowest BCUT2D eigenvalue weighted by molar-refractivity contribution is -0.121. The first-order valence-electron chi connectivity index (χ1n) is 8.54. The maximum Gasteiger partial charge on any atom is 0.244 e. The smallest absolute Gasteiger partial charge is 0.244 e. The number of nitrogens with one attached hydrogen (secondary N) is 1. The van der Waals surface area contributed by atoms with Gasteiger partial charge in [-0.2, -0.15) is 5.26 Å². The van der Waals surface area contributed by atoms with Gasteiger partial charge in [0.1, 0.15) is 11.9 Å². The van der Waals surface area contributed by atoms with Crippen LogP contribution in [0.5, 0.6) is 0 Å². The van der Waals surface area contributed by atoms with Crippen LogP contribution in [0.1, 0.15) is 17.4 Å². The van der Waals surface area contributed by atoms with Crippen LogP contribution in [-0.4, -0.2) is 24.6 Å². The van der Waals surface area contributed by atoms with Gasteiger partial charge in [-0.1, -0.05) is 29.4 Å². The zero-order valence-corrected chi connectivity index (χ0v) is 16.1. The molecular weight excluding hydrogens is 394 g/mol. The summed E-state index contributed by atoms with van der Waals surface area (Å²) in [5.41, 5.74) is 0.411. The molecule has 29 heavy (non-hydrogen) atoms. The number of rotatable bonds is 6. The number of aromatic nitrogens is 1. The first-order valence-corrected chi connectivity index (χ1v) is 10.0. The van der Waals surface area contributed by atoms with Gasteiger partial charge in [-0.15, -0.1) is 0 Å². The summed E-state index contributed by atoms with van der Waals surface area (Å²) in [6.07, 6.45) is -0.201. The highest BCUT2D eigenvalue weighted by Crippen LogP contribution is 2.27. The van der Waals surface area contributed by atoms with Crippen molar-refractivity contribution in [3.63, 3.8) is 0 Å². The average molecular weight is 411 g/mol. The molecule has 2 atom stereocenters. The molecule has 0 spiro atoms. The minimum Gasteiger partial charge on any atom is -0.386 e. The second-order valence-electron chi connectivity index (χ2n) is 6.22. The maximum atomic E-state index is 12.7. The summed E-state index contributed by atoms with van der Waals surface area (Å²) in [7, 11) is -3.77. The second kappa shape index (κ2) is 8.26. The quantitative estimate of drug-likeness (QED) is 0.637. The molecule has 0 aliphatic rings. The molecule has 0 fully saturated rings. The van der Waals surface area contributed by atoms with E-state index >= 15 is 0 Å². The molecule has 1 amide bonds. The van der Waals surface area contributed by atoms with Crippen LogP contribution in [0, 0.1) is 24.2 Å². The number of nitriles is 1. The Morgan fingerprint density at radius 3 is 2.48 bits per heavy atom. The zero-order chi connectivity index (χ0) is 21.0. The average Bonchev–Trinajstić information content (AvgIpc) is 3.15. The normalized spacial score (nSPS) is 13.3. The number of benzene rings is 2. The monoisotopic (exact) mass is 411 g/mol. The van der Waals surface area contributed by atoms with E-state index in [1.54, 1.807) is 31.2 Å². The standard InChI is InChI=1S/C20H17N3O5S/c1-13-18(12-22-28-13)19(24)17(11-21)20(25)23-14-6-5-9-16(10-14)29(26,27)15-7-3-2-4-8-15/h2-10,12,17,19,24H,1H3,(H,23,25). The Balaban J connectivity index is 1.84. The molecule has 0 saturated carbocycles. The Morgan fingerprint density at radius 1 is 1.17 bits per heavy atom. The molecule has 0 saturated heterocycles. The SMILES string of the molecule is Cc1oncc1C(O)C(C#N)C(=O)Nc1cccc(S(=O)(=O)c2ccccc2)c1. The van der Waals surface area contributed by atoms with E-state index in [2.05, 4.69) is 10.5 Å². The fourth-order valence-corrected chi connectivity index (χ4v) is 4.07. The maximum absolute atomic E-state index is 12.7. The van der Waals surface area contributed by atoms with Gasteiger partial charge in [0.05, 0.1) is 22.1 Å². The van der Waals surface area contributed by atoms with E-state index in [0.717, 1.165) is 0 Å². The third kappa shape index (κ3) is 4.18. The molecule has 1 aromatic heterocycles. The Morgan fingerprint density at radius 2 is 1.86 bits per heavy atom. The summed E-state index contributed by atoms with van der Waals surface area (Å²) in [5.74, 6) is -1.93. The van der Waals surface area contributed by atoms with Gasteiger partial charge in [-0.05, 0) is 37.3 Å². The van der Waals surface area contributed by atoms with Crippen LogP contribution >= 0.6 is 0 Å². The van der Waals surface area contributed by atoms with Gasteiger partial charge in [-0.25, -0.2) is 8.42 Å². The van der Waals surface area contributed by atoms with Gasteiger partial charge in [0.25, 0.3) is 0 Å². The van der Waals surface area contributed by atoms with Crippen LogP contribution < -0.4 is 5.32 Å². The van der Waals surface area contributed by atoms with E-state index in [0.29, 0.717) is 5.76 Å². The van der Waals surface area contributed by atoms with Gasteiger partial charge in [0.2, 0.25) is 15.7 Å². The van der Waals surface area contributed by atoms with E-state index in [1.807, 2.05) is 0 Å². The van der Waals surface area contributed by atoms with E-state index < -0.39 is 27.8 Å². The fourth-order valence-electron chi connectivity index (χ4n) is 2.74. The summed E-state index contributed by atoms with van der Waals surface area (Å²) in [5, 5.41) is 25.7. The van der Waals surface area contributed by atoms with Crippen LogP contribution in [0.25, 0.3) is 0 Å². The third-order valence-corrected chi connectivity index (χ3v) is 6.08. The molecule has 0 bridgehead atoms. The number of aliphatic hydroxyl groups excluding tert-OH is 1. The predicted molar refractivity (Wildman–Crippen MR) is 102 cm³/mol. The van der Waals surface area contributed by atoms with Crippen molar-refractivity contribution in [3.05, 3.63) is 72.1 Å². The molecule has 2 unspecified atom stereocenters. The van der Waals surface area contributed by atoms with Crippen molar-refractivity contribution in [2.75, 3.05) is 5.32 Å². The van der Waals surface area contributed by atoms with Crippen LogP contribution in [-0.2, 0) is 14.6 Å². The van der Waals surface area contributed by atoms with Crippen molar-refractivity contribution in [2.45, 2.75) is 22.8 Å². The highest BCUT2D eigenvalue weighted by molar-refractivity contribution is 7.91. The van der Waals surface area contributed by atoms with Gasteiger partial charge < -0.3 is 14.9 Å². The highest BCUT2D eigenvalue weighted by Gasteiger charge is 2.31. The van der Waals surface area contributed by atoms with Crippen LogP contribution in [0.4, 0.5) is 5.69 Å². The number of hydrogen-bond donors (Lipinski definition) is 2. The van der Waals surface area contributed by atoms with Crippen LogP contribution in [0.2, 0.25) is 0 Å². The Kier molecular flexibility index (Phi) is 5.77. The number of nitrogens with zero attached hydrogens (tertiary/aromatic N) is 2. The number of carbonyl (C=O) groups is 1. The van der Waals surface area contributed by atoms with E-state index in [4.69, 9.17) is 4.52 Å². The largest absolute Gasteiger partial charge is 0.386 e. The van der Waals surface area contributed by atoms with Crippen molar-refractivity contribution in [1.82, 2.24) is 5.16 Å². The topological polar surface area (TPSA) is 133 Å².